The first-order valence-electron chi connectivity index (χ1n) is 7.48. The minimum atomic E-state index is -0.333. The number of esters is 1. The fourth-order valence-corrected chi connectivity index (χ4v) is 2.76. The van der Waals surface area contributed by atoms with Crippen LogP contribution in [0.2, 0.25) is 0 Å². The van der Waals surface area contributed by atoms with Gasteiger partial charge >= 0.3 is 5.97 Å². The highest BCUT2D eigenvalue weighted by molar-refractivity contribution is 5.99. The highest BCUT2D eigenvalue weighted by Crippen LogP contribution is 2.29. The van der Waals surface area contributed by atoms with E-state index in [0.717, 1.165) is 35.1 Å². The van der Waals surface area contributed by atoms with Gasteiger partial charge in [0.05, 0.1) is 6.61 Å². The maximum Gasteiger partial charge on any atom is 0.325 e. The third-order valence-corrected chi connectivity index (χ3v) is 3.74. The Kier molecular flexibility index (Phi) is 4.66. The van der Waals surface area contributed by atoms with E-state index in [1.807, 2.05) is 32.9 Å². The molecule has 1 saturated carbocycles. The molecule has 0 aliphatic heterocycles. The summed E-state index contributed by atoms with van der Waals surface area (Å²) in [5.41, 5.74) is 3.79. The Bertz CT molecular complexity index is 538. The van der Waals surface area contributed by atoms with Crippen LogP contribution in [0.25, 0.3) is 0 Å². The van der Waals surface area contributed by atoms with Crippen LogP contribution in [0, 0.1) is 20.8 Å². The van der Waals surface area contributed by atoms with Crippen molar-refractivity contribution in [1.29, 1.82) is 0 Å². The molecule has 2 rings (SSSR count). The largest absolute Gasteiger partial charge is 0.465 e. The van der Waals surface area contributed by atoms with Crippen LogP contribution in [-0.2, 0) is 9.53 Å². The smallest absolute Gasteiger partial charge is 0.325 e. The molecular weight excluding hydrogens is 266 g/mol. The fraction of sp³-hybridized carbons (Fsp3) is 0.529. The Labute approximate surface area is 126 Å². The van der Waals surface area contributed by atoms with Gasteiger partial charge in [0, 0.05) is 11.6 Å². The van der Waals surface area contributed by atoms with E-state index in [4.69, 9.17) is 4.74 Å². The first-order chi connectivity index (χ1) is 9.93. The van der Waals surface area contributed by atoms with E-state index in [1.165, 1.54) is 0 Å². The fourth-order valence-electron chi connectivity index (χ4n) is 2.76. The van der Waals surface area contributed by atoms with E-state index in [1.54, 1.807) is 11.8 Å². The highest BCUT2D eigenvalue weighted by atomic mass is 16.5. The summed E-state index contributed by atoms with van der Waals surface area (Å²) in [6.07, 6.45) is 1.93. The molecule has 0 atom stereocenters. The minimum absolute atomic E-state index is 0.0457. The lowest BCUT2D eigenvalue weighted by Gasteiger charge is -2.23. The Morgan fingerprint density at radius 2 is 1.76 bits per heavy atom. The van der Waals surface area contributed by atoms with Crippen molar-refractivity contribution in [3.05, 3.63) is 34.4 Å². The third-order valence-electron chi connectivity index (χ3n) is 3.74. The maximum atomic E-state index is 12.8. The summed E-state index contributed by atoms with van der Waals surface area (Å²) in [4.78, 5) is 26.2. The molecule has 4 nitrogen and oxygen atoms in total. The van der Waals surface area contributed by atoms with Crippen LogP contribution in [0.4, 0.5) is 0 Å². The first-order valence-corrected chi connectivity index (χ1v) is 7.48. The van der Waals surface area contributed by atoms with Crippen molar-refractivity contribution < 1.29 is 14.3 Å². The molecule has 0 spiro atoms. The number of hydrogen-bond donors (Lipinski definition) is 0. The average Bonchev–Trinajstić information content (AvgIpc) is 3.19. The molecule has 1 aliphatic carbocycles. The summed E-state index contributed by atoms with van der Waals surface area (Å²) in [5.74, 6) is -0.388. The maximum absolute atomic E-state index is 12.8. The predicted octanol–water partition coefficient (Wildman–Crippen LogP) is 2.78. The summed E-state index contributed by atoms with van der Waals surface area (Å²) >= 11 is 0. The number of carbonyl (C=O) groups excluding carboxylic acids is 2. The molecule has 0 unspecified atom stereocenters. The van der Waals surface area contributed by atoms with E-state index in [0.29, 0.717) is 6.61 Å². The van der Waals surface area contributed by atoms with Crippen LogP contribution in [-0.4, -0.2) is 36.0 Å². The lowest BCUT2D eigenvalue weighted by Crippen LogP contribution is -2.38. The Morgan fingerprint density at radius 1 is 1.19 bits per heavy atom. The SMILES string of the molecule is CCOC(=O)CN(C(=O)c1c(C)cc(C)cc1C)C1CC1. The molecule has 1 fully saturated rings. The van der Waals surface area contributed by atoms with Crippen LogP contribution >= 0.6 is 0 Å². The van der Waals surface area contributed by atoms with Gasteiger partial charge in [0.2, 0.25) is 0 Å². The quantitative estimate of drug-likeness (QED) is 0.783. The van der Waals surface area contributed by atoms with Crippen LogP contribution < -0.4 is 0 Å². The second kappa shape index (κ2) is 6.29. The zero-order valence-corrected chi connectivity index (χ0v) is 13.2. The molecule has 0 N–H and O–H groups in total. The lowest BCUT2D eigenvalue weighted by molar-refractivity contribution is -0.144. The van der Waals surface area contributed by atoms with E-state index < -0.39 is 0 Å². The van der Waals surface area contributed by atoms with Crippen molar-refractivity contribution in [2.75, 3.05) is 13.2 Å². The standard InChI is InChI=1S/C17H23NO3/c1-5-21-15(19)10-18(14-6-7-14)17(20)16-12(3)8-11(2)9-13(16)4/h8-9,14H,5-7,10H2,1-4H3. The molecule has 0 radical (unpaired) electrons. The second-order valence-electron chi connectivity index (χ2n) is 5.74. The number of nitrogens with zero attached hydrogens (tertiary/aromatic N) is 1. The molecule has 114 valence electrons. The zero-order chi connectivity index (χ0) is 15.6. The zero-order valence-electron chi connectivity index (χ0n) is 13.2. The number of benzene rings is 1. The van der Waals surface area contributed by atoms with Gasteiger partial charge in [0.1, 0.15) is 6.54 Å². The number of carbonyl (C=O) groups is 2. The van der Waals surface area contributed by atoms with Crippen LogP contribution in [0.1, 0.15) is 46.8 Å². The summed E-state index contributed by atoms with van der Waals surface area (Å²) in [6, 6.07) is 4.20. The van der Waals surface area contributed by atoms with Gasteiger partial charge in [-0.1, -0.05) is 17.7 Å². The molecule has 0 saturated heterocycles. The molecule has 0 bridgehead atoms. The molecule has 1 aliphatic rings. The average molecular weight is 289 g/mol. The molecule has 1 aromatic rings. The second-order valence-corrected chi connectivity index (χ2v) is 5.74. The summed E-state index contributed by atoms with van der Waals surface area (Å²) in [5, 5.41) is 0. The topological polar surface area (TPSA) is 46.6 Å². The minimum Gasteiger partial charge on any atom is -0.465 e. The van der Waals surface area contributed by atoms with Gasteiger partial charge in [-0.05, 0) is 51.7 Å². The van der Waals surface area contributed by atoms with Gasteiger partial charge in [0.15, 0.2) is 0 Å². The normalized spacial score (nSPS) is 13.9. The molecule has 0 heterocycles. The number of ether oxygens (including phenoxy) is 1. The summed E-state index contributed by atoms with van der Waals surface area (Å²) in [7, 11) is 0. The number of hydrogen-bond acceptors (Lipinski definition) is 3. The highest BCUT2D eigenvalue weighted by Gasteiger charge is 2.35. The monoisotopic (exact) mass is 289 g/mol. The van der Waals surface area contributed by atoms with Gasteiger partial charge in [-0.3, -0.25) is 9.59 Å². The van der Waals surface area contributed by atoms with Gasteiger partial charge in [-0.15, -0.1) is 0 Å². The summed E-state index contributed by atoms with van der Waals surface area (Å²) in [6.45, 7) is 8.07. The van der Waals surface area contributed by atoms with Crippen LogP contribution in [0.3, 0.4) is 0 Å². The van der Waals surface area contributed by atoms with Crippen molar-refractivity contribution in [2.24, 2.45) is 0 Å². The van der Waals surface area contributed by atoms with Gasteiger partial charge < -0.3 is 9.64 Å². The third kappa shape index (κ3) is 3.63. The Hall–Kier alpha value is -1.84. The van der Waals surface area contributed by atoms with Crippen molar-refractivity contribution in [3.8, 4) is 0 Å². The van der Waals surface area contributed by atoms with Crippen molar-refractivity contribution >= 4 is 11.9 Å². The first kappa shape index (κ1) is 15.5. The van der Waals surface area contributed by atoms with E-state index in [2.05, 4.69) is 0 Å². The van der Waals surface area contributed by atoms with Crippen LogP contribution in [0.5, 0.6) is 0 Å². The van der Waals surface area contributed by atoms with Crippen molar-refractivity contribution in [1.82, 2.24) is 4.90 Å². The molecule has 1 aromatic carbocycles. The Balaban J connectivity index is 2.25. The van der Waals surface area contributed by atoms with E-state index in [-0.39, 0.29) is 24.5 Å². The lowest BCUT2D eigenvalue weighted by atomic mass is 9.98. The molecule has 1 amide bonds. The van der Waals surface area contributed by atoms with Crippen LogP contribution in [0.15, 0.2) is 12.1 Å². The number of amides is 1. The predicted molar refractivity (Wildman–Crippen MR) is 81.3 cm³/mol. The molecule has 4 heteroatoms. The molecular formula is C17H23NO3. The van der Waals surface area contributed by atoms with Gasteiger partial charge in [0.25, 0.3) is 5.91 Å². The number of aryl methyl sites for hydroxylation is 3. The summed E-state index contributed by atoms with van der Waals surface area (Å²) < 4.78 is 4.98. The van der Waals surface area contributed by atoms with Crippen molar-refractivity contribution in [3.63, 3.8) is 0 Å². The van der Waals surface area contributed by atoms with E-state index >= 15 is 0 Å². The molecule has 0 aromatic heterocycles. The Morgan fingerprint density at radius 3 is 2.24 bits per heavy atom. The van der Waals surface area contributed by atoms with E-state index in [9.17, 15) is 9.59 Å². The van der Waals surface area contributed by atoms with Gasteiger partial charge in [-0.25, -0.2) is 0 Å². The number of rotatable bonds is 5. The molecule has 21 heavy (non-hydrogen) atoms. The van der Waals surface area contributed by atoms with Crippen molar-refractivity contribution in [2.45, 2.75) is 46.6 Å². The van der Waals surface area contributed by atoms with Gasteiger partial charge in [-0.2, -0.15) is 0 Å².